The number of carbonyl (C=O) groups is 2. The van der Waals surface area contributed by atoms with Gasteiger partial charge < -0.3 is 15.0 Å². The Hall–Kier alpha value is -3.31. The molecule has 1 unspecified atom stereocenters. The van der Waals surface area contributed by atoms with E-state index in [2.05, 4.69) is 5.32 Å². The lowest BCUT2D eigenvalue weighted by molar-refractivity contribution is -0.142. The standard InChI is InChI=1S/C27H29ClN2O3/c1-3-29-27(32)24(17-21-11-5-4-6-12-21)30(18-22-13-9-10-20(2)16-22)26(31)19-33-25-15-8-7-14-23(25)28/h4-16,24H,3,17-19H2,1-2H3,(H,29,32). The van der Waals surface area contributed by atoms with Gasteiger partial charge in [-0.05, 0) is 37.1 Å². The number of halogens is 1. The molecule has 3 rings (SSSR count). The Balaban J connectivity index is 1.90. The Labute approximate surface area is 200 Å². The first kappa shape index (κ1) is 24.3. The van der Waals surface area contributed by atoms with Crippen LogP contribution in [0.25, 0.3) is 0 Å². The highest BCUT2D eigenvalue weighted by atomic mass is 35.5. The van der Waals surface area contributed by atoms with Gasteiger partial charge in [-0.3, -0.25) is 9.59 Å². The minimum atomic E-state index is -0.685. The summed E-state index contributed by atoms with van der Waals surface area (Å²) in [5, 5.41) is 3.32. The molecule has 0 bridgehead atoms. The normalized spacial score (nSPS) is 11.5. The predicted octanol–water partition coefficient (Wildman–Crippen LogP) is 4.80. The first-order valence-electron chi connectivity index (χ1n) is 11.0. The molecule has 0 saturated heterocycles. The van der Waals surface area contributed by atoms with Gasteiger partial charge in [0.05, 0.1) is 5.02 Å². The smallest absolute Gasteiger partial charge is 0.261 e. The molecule has 3 aromatic rings. The van der Waals surface area contributed by atoms with Crippen molar-refractivity contribution < 1.29 is 14.3 Å². The van der Waals surface area contributed by atoms with Crippen molar-refractivity contribution >= 4 is 23.4 Å². The van der Waals surface area contributed by atoms with Gasteiger partial charge in [0.2, 0.25) is 5.91 Å². The molecular weight excluding hydrogens is 436 g/mol. The van der Waals surface area contributed by atoms with E-state index < -0.39 is 6.04 Å². The van der Waals surface area contributed by atoms with E-state index in [1.165, 1.54) is 0 Å². The minimum Gasteiger partial charge on any atom is -0.482 e. The number of carbonyl (C=O) groups excluding carboxylic acids is 2. The van der Waals surface area contributed by atoms with Gasteiger partial charge in [-0.15, -0.1) is 0 Å². The summed E-state index contributed by atoms with van der Waals surface area (Å²) in [5.74, 6) is -0.0515. The second-order valence-electron chi connectivity index (χ2n) is 7.83. The number of para-hydroxylation sites is 1. The number of nitrogens with zero attached hydrogens (tertiary/aromatic N) is 1. The Kier molecular flexibility index (Phi) is 8.90. The van der Waals surface area contributed by atoms with Crippen molar-refractivity contribution in [2.24, 2.45) is 0 Å². The lowest BCUT2D eigenvalue weighted by atomic mass is 10.0. The van der Waals surface area contributed by atoms with Gasteiger partial charge in [-0.1, -0.05) is 83.9 Å². The number of hydrogen-bond acceptors (Lipinski definition) is 3. The van der Waals surface area contributed by atoms with Crippen LogP contribution in [0.3, 0.4) is 0 Å². The molecule has 0 aromatic heterocycles. The van der Waals surface area contributed by atoms with E-state index in [0.717, 1.165) is 16.7 Å². The van der Waals surface area contributed by atoms with Crippen LogP contribution in [0.2, 0.25) is 5.02 Å². The van der Waals surface area contributed by atoms with Crippen molar-refractivity contribution in [3.63, 3.8) is 0 Å². The molecular formula is C27H29ClN2O3. The lowest BCUT2D eigenvalue weighted by Gasteiger charge is -2.31. The summed E-state index contributed by atoms with van der Waals surface area (Å²) < 4.78 is 5.73. The molecule has 0 heterocycles. The van der Waals surface area contributed by atoms with Crippen LogP contribution in [0.1, 0.15) is 23.6 Å². The molecule has 0 saturated carbocycles. The van der Waals surface area contributed by atoms with E-state index in [-0.39, 0.29) is 18.4 Å². The number of benzene rings is 3. The van der Waals surface area contributed by atoms with Crippen LogP contribution in [-0.4, -0.2) is 35.9 Å². The zero-order valence-electron chi connectivity index (χ0n) is 19.0. The molecule has 5 nitrogen and oxygen atoms in total. The van der Waals surface area contributed by atoms with Crippen molar-refractivity contribution in [3.8, 4) is 5.75 Å². The fourth-order valence-corrected chi connectivity index (χ4v) is 3.83. The van der Waals surface area contributed by atoms with Crippen LogP contribution in [0.4, 0.5) is 0 Å². The molecule has 0 aliphatic rings. The SMILES string of the molecule is CCNC(=O)C(Cc1ccccc1)N(Cc1cccc(C)c1)C(=O)COc1ccccc1Cl. The van der Waals surface area contributed by atoms with Gasteiger partial charge in [-0.2, -0.15) is 0 Å². The first-order chi connectivity index (χ1) is 16.0. The van der Waals surface area contributed by atoms with Gasteiger partial charge in [-0.25, -0.2) is 0 Å². The Morgan fingerprint density at radius 3 is 2.36 bits per heavy atom. The van der Waals surface area contributed by atoms with Crippen LogP contribution < -0.4 is 10.1 Å². The van der Waals surface area contributed by atoms with E-state index >= 15 is 0 Å². The number of likely N-dealkylation sites (N-methyl/N-ethyl adjacent to an activating group) is 1. The maximum absolute atomic E-state index is 13.4. The number of ether oxygens (including phenoxy) is 1. The van der Waals surface area contributed by atoms with E-state index in [4.69, 9.17) is 16.3 Å². The summed E-state index contributed by atoms with van der Waals surface area (Å²) in [5.41, 5.74) is 3.01. The van der Waals surface area contributed by atoms with E-state index in [0.29, 0.717) is 30.3 Å². The molecule has 0 spiro atoms. The Bertz CT molecular complexity index is 1070. The van der Waals surface area contributed by atoms with Gasteiger partial charge in [0.15, 0.2) is 6.61 Å². The third kappa shape index (κ3) is 7.09. The summed E-state index contributed by atoms with van der Waals surface area (Å²) in [7, 11) is 0. The molecule has 0 aliphatic carbocycles. The van der Waals surface area contributed by atoms with Gasteiger partial charge in [0.1, 0.15) is 11.8 Å². The second kappa shape index (κ2) is 12.1. The van der Waals surface area contributed by atoms with Crippen molar-refractivity contribution in [2.45, 2.75) is 32.9 Å². The van der Waals surface area contributed by atoms with Crippen molar-refractivity contribution in [1.82, 2.24) is 10.2 Å². The fourth-order valence-electron chi connectivity index (χ4n) is 3.64. The maximum atomic E-state index is 13.4. The third-order valence-corrected chi connectivity index (χ3v) is 5.56. The third-order valence-electron chi connectivity index (χ3n) is 5.25. The molecule has 33 heavy (non-hydrogen) atoms. The zero-order chi connectivity index (χ0) is 23.6. The van der Waals surface area contributed by atoms with Gasteiger partial charge in [0, 0.05) is 19.5 Å². The molecule has 0 radical (unpaired) electrons. The molecule has 0 aliphatic heterocycles. The van der Waals surface area contributed by atoms with Crippen molar-refractivity contribution in [2.75, 3.05) is 13.2 Å². The van der Waals surface area contributed by atoms with Gasteiger partial charge in [0.25, 0.3) is 5.91 Å². The van der Waals surface area contributed by atoms with Crippen LogP contribution in [-0.2, 0) is 22.6 Å². The summed E-state index contributed by atoms with van der Waals surface area (Å²) in [6.45, 7) is 4.42. The fraction of sp³-hybridized carbons (Fsp3) is 0.259. The maximum Gasteiger partial charge on any atom is 0.261 e. The van der Waals surface area contributed by atoms with E-state index in [9.17, 15) is 9.59 Å². The average Bonchev–Trinajstić information content (AvgIpc) is 2.81. The summed E-state index contributed by atoms with van der Waals surface area (Å²) in [4.78, 5) is 28.1. The number of amides is 2. The van der Waals surface area contributed by atoms with Crippen LogP contribution in [0.15, 0.2) is 78.9 Å². The molecule has 1 atom stereocenters. The largest absolute Gasteiger partial charge is 0.482 e. The van der Waals surface area contributed by atoms with Crippen LogP contribution >= 0.6 is 11.6 Å². The second-order valence-corrected chi connectivity index (χ2v) is 8.24. The monoisotopic (exact) mass is 464 g/mol. The Morgan fingerprint density at radius 2 is 1.67 bits per heavy atom. The van der Waals surface area contributed by atoms with Crippen molar-refractivity contribution in [3.05, 3.63) is 101 Å². The minimum absolute atomic E-state index is 0.194. The van der Waals surface area contributed by atoms with Crippen LogP contribution in [0, 0.1) is 6.92 Å². The molecule has 6 heteroatoms. The zero-order valence-corrected chi connectivity index (χ0v) is 19.7. The highest BCUT2D eigenvalue weighted by molar-refractivity contribution is 6.32. The predicted molar refractivity (Wildman–Crippen MR) is 131 cm³/mol. The van der Waals surface area contributed by atoms with Gasteiger partial charge >= 0.3 is 0 Å². The number of aryl methyl sites for hydroxylation is 1. The Morgan fingerprint density at radius 1 is 0.970 bits per heavy atom. The number of nitrogens with one attached hydrogen (secondary N) is 1. The topological polar surface area (TPSA) is 58.6 Å². The highest BCUT2D eigenvalue weighted by Gasteiger charge is 2.30. The summed E-state index contributed by atoms with van der Waals surface area (Å²) >= 11 is 6.18. The quantitative estimate of drug-likeness (QED) is 0.468. The molecule has 3 aromatic carbocycles. The molecule has 2 amide bonds. The summed E-state index contributed by atoms with van der Waals surface area (Å²) in [6.07, 6.45) is 0.399. The van der Waals surface area contributed by atoms with E-state index in [1.807, 2.05) is 68.4 Å². The average molecular weight is 465 g/mol. The number of rotatable bonds is 10. The summed E-state index contributed by atoms with van der Waals surface area (Å²) in [6, 6.07) is 24.0. The molecule has 1 N–H and O–H groups in total. The highest BCUT2D eigenvalue weighted by Crippen LogP contribution is 2.23. The molecule has 172 valence electrons. The van der Waals surface area contributed by atoms with Crippen LogP contribution in [0.5, 0.6) is 5.75 Å². The lowest BCUT2D eigenvalue weighted by Crippen LogP contribution is -2.51. The van der Waals surface area contributed by atoms with E-state index in [1.54, 1.807) is 29.2 Å². The molecule has 0 fully saturated rings. The number of hydrogen-bond donors (Lipinski definition) is 1. The first-order valence-corrected chi connectivity index (χ1v) is 11.4. The van der Waals surface area contributed by atoms with Crippen molar-refractivity contribution in [1.29, 1.82) is 0 Å².